The van der Waals surface area contributed by atoms with Gasteiger partial charge < -0.3 is 4.40 Å². The third-order valence-corrected chi connectivity index (χ3v) is 4.65. The average molecular weight is 267 g/mol. The highest BCUT2D eigenvalue weighted by molar-refractivity contribution is 7.99. The monoisotopic (exact) mass is 266 g/mol. The second kappa shape index (κ2) is 4.91. The number of hydrogen-bond acceptors (Lipinski definition) is 2. The Morgan fingerprint density at radius 3 is 3.00 bits per heavy atom. The lowest BCUT2D eigenvalue weighted by Gasteiger charge is -2.20. The van der Waals surface area contributed by atoms with Gasteiger partial charge in [0.1, 0.15) is 5.82 Å². The van der Waals surface area contributed by atoms with Crippen LogP contribution in [0.2, 0.25) is 5.02 Å². The summed E-state index contributed by atoms with van der Waals surface area (Å²) in [6, 6.07) is 3.94. The first-order chi connectivity index (χ1) is 8.33. The Bertz CT molecular complexity index is 517. The van der Waals surface area contributed by atoms with Crippen LogP contribution in [0, 0.1) is 5.92 Å². The van der Waals surface area contributed by atoms with E-state index >= 15 is 0 Å². The quantitative estimate of drug-likeness (QED) is 0.825. The van der Waals surface area contributed by atoms with E-state index in [2.05, 4.69) is 21.1 Å². The SMILES string of the molecule is Clc1ccc2cnc(CC3CCSCC3)n2c1. The van der Waals surface area contributed by atoms with E-state index in [0.29, 0.717) is 0 Å². The summed E-state index contributed by atoms with van der Waals surface area (Å²) in [5, 5.41) is 0.774. The summed E-state index contributed by atoms with van der Waals surface area (Å²) in [5.41, 5.74) is 1.13. The Morgan fingerprint density at radius 2 is 2.18 bits per heavy atom. The molecule has 0 unspecified atom stereocenters. The molecule has 1 fully saturated rings. The summed E-state index contributed by atoms with van der Waals surface area (Å²) in [7, 11) is 0. The zero-order chi connectivity index (χ0) is 11.7. The normalized spacial score (nSPS) is 17.7. The molecule has 0 saturated carbocycles. The van der Waals surface area contributed by atoms with E-state index in [1.54, 1.807) is 0 Å². The molecule has 0 bridgehead atoms. The average Bonchev–Trinajstić information content (AvgIpc) is 2.73. The van der Waals surface area contributed by atoms with Crippen LogP contribution in [0.5, 0.6) is 0 Å². The van der Waals surface area contributed by atoms with Crippen molar-refractivity contribution in [2.45, 2.75) is 19.3 Å². The fourth-order valence-corrected chi connectivity index (χ4v) is 3.74. The van der Waals surface area contributed by atoms with Gasteiger partial charge in [-0.15, -0.1) is 0 Å². The van der Waals surface area contributed by atoms with Gasteiger partial charge in [-0.3, -0.25) is 0 Å². The number of hydrogen-bond donors (Lipinski definition) is 0. The Kier molecular flexibility index (Phi) is 3.30. The van der Waals surface area contributed by atoms with Crippen LogP contribution in [0.1, 0.15) is 18.7 Å². The van der Waals surface area contributed by atoms with Crippen molar-refractivity contribution in [3.05, 3.63) is 35.4 Å². The molecule has 0 N–H and O–H groups in total. The maximum Gasteiger partial charge on any atom is 0.113 e. The molecule has 2 nitrogen and oxygen atoms in total. The van der Waals surface area contributed by atoms with Crippen LogP contribution in [0.4, 0.5) is 0 Å². The molecular weight excluding hydrogens is 252 g/mol. The predicted octanol–water partition coefficient (Wildman–Crippen LogP) is 3.67. The second-order valence-electron chi connectivity index (χ2n) is 4.58. The smallest absolute Gasteiger partial charge is 0.113 e. The van der Waals surface area contributed by atoms with Crippen LogP contribution in [0.3, 0.4) is 0 Å². The molecule has 3 rings (SSSR count). The highest BCUT2D eigenvalue weighted by Gasteiger charge is 2.16. The maximum absolute atomic E-state index is 6.04. The molecule has 2 aromatic rings. The molecule has 0 spiro atoms. The number of nitrogens with zero attached hydrogens (tertiary/aromatic N) is 2. The third-order valence-electron chi connectivity index (χ3n) is 3.38. The Balaban J connectivity index is 1.86. The molecule has 4 heteroatoms. The van der Waals surface area contributed by atoms with Gasteiger partial charge in [0.15, 0.2) is 0 Å². The summed E-state index contributed by atoms with van der Waals surface area (Å²) in [6.07, 6.45) is 7.62. The molecule has 0 aliphatic carbocycles. The Hall–Kier alpha value is -0.670. The highest BCUT2D eigenvalue weighted by Crippen LogP contribution is 2.26. The van der Waals surface area contributed by atoms with E-state index in [4.69, 9.17) is 11.6 Å². The van der Waals surface area contributed by atoms with E-state index in [0.717, 1.165) is 28.7 Å². The second-order valence-corrected chi connectivity index (χ2v) is 6.24. The third kappa shape index (κ3) is 2.45. The van der Waals surface area contributed by atoms with Crippen molar-refractivity contribution >= 4 is 28.9 Å². The summed E-state index contributed by atoms with van der Waals surface area (Å²) in [5.74, 6) is 4.55. The number of pyridine rings is 1. The van der Waals surface area contributed by atoms with Crippen molar-refractivity contribution < 1.29 is 0 Å². The number of imidazole rings is 1. The Labute approximate surface area is 110 Å². The van der Waals surface area contributed by atoms with Crippen molar-refractivity contribution in [2.75, 3.05) is 11.5 Å². The van der Waals surface area contributed by atoms with Crippen LogP contribution in [0.15, 0.2) is 24.5 Å². The Morgan fingerprint density at radius 1 is 1.35 bits per heavy atom. The topological polar surface area (TPSA) is 17.3 Å². The first kappa shape index (κ1) is 11.4. The van der Waals surface area contributed by atoms with Gasteiger partial charge >= 0.3 is 0 Å². The molecule has 17 heavy (non-hydrogen) atoms. The maximum atomic E-state index is 6.04. The van der Waals surface area contributed by atoms with Crippen LogP contribution in [0.25, 0.3) is 5.52 Å². The van der Waals surface area contributed by atoms with Crippen LogP contribution in [-0.2, 0) is 6.42 Å². The van der Waals surface area contributed by atoms with Crippen molar-refractivity contribution in [3.8, 4) is 0 Å². The molecule has 1 saturated heterocycles. The molecule has 3 heterocycles. The van der Waals surface area contributed by atoms with Crippen molar-refractivity contribution in [3.63, 3.8) is 0 Å². The molecule has 1 aliphatic heterocycles. The van der Waals surface area contributed by atoms with Crippen LogP contribution < -0.4 is 0 Å². The highest BCUT2D eigenvalue weighted by atomic mass is 35.5. The molecule has 0 radical (unpaired) electrons. The molecule has 90 valence electrons. The van der Waals surface area contributed by atoms with Crippen molar-refractivity contribution in [1.82, 2.24) is 9.38 Å². The van der Waals surface area contributed by atoms with Crippen molar-refractivity contribution in [1.29, 1.82) is 0 Å². The predicted molar refractivity (Wildman–Crippen MR) is 74.0 cm³/mol. The zero-order valence-corrected chi connectivity index (χ0v) is 11.2. The zero-order valence-electron chi connectivity index (χ0n) is 9.60. The number of rotatable bonds is 2. The lowest BCUT2D eigenvalue weighted by molar-refractivity contribution is 0.475. The van der Waals surface area contributed by atoms with E-state index < -0.39 is 0 Å². The van der Waals surface area contributed by atoms with Gasteiger partial charge in [-0.2, -0.15) is 11.8 Å². The van der Waals surface area contributed by atoms with Gasteiger partial charge in [0.25, 0.3) is 0 Å². The summed E-state index contributed by atoms with van der Waals surface area (Å²) >= 11 is 8.11. The standard InChI is InChI=1S/C13H15ClN2S/c14-11-1-2-12-8-15-13(16(12)9-11)7-10-3-5-17-6-4-10/h1-2,8-10H,3-7H2. The fourth-order valence-electron chi connectivity index (χ4n) is 2.38. The van der Waals surface area contributed by atoms with Crippen LogP contribution in [-0.4, -0.2) is 20.9 Å². The lowest BCUT2D eigenvalue weighted by Crippen LogP contribution is -2.13. The van der Waals surface area contributed by atoms with Gasteiger partial charge in [0.05, 0.1) is 16.7 Å². The minimum Gasteiger partial charge on any atom is -0.302 e. The fraction of sp³-hybridized carbons (Fsp3) is 0.462. The first-order valence-corrected chi connectivity index (χ1v) is 7.55. The summed E-state index contributed by atoms with van der Waals surface area (Å²) in [6.45, 7) is 0. The van der Waals surface area contributed by atoms with E-state index in [1.165, 1.54) is 24.3 Å². The van der Waals surface area contributed by atoms with Gasteiger partial charge in [0, 0.05) is 12.6 Å². The summed E-state index contributed by atoms with van der Waals surface area (Å²) < 4.78 is 2.13. The first-order valence-electron chi connectivity index (χ1n) is 6.02. The number of thioether (sulfide) groups is 1. The van der Waals surface area contributed by atoms with E-state index in [1.807, 2.05) is 24.5 Å². The van der Waals surface area contributed by atoms with Gasteiger partial charge in [-0.25, -0.2) is 4.98 Å². The molecule has 0 amide bonds. The van der Waals surface area contributed by atoms with Gasteiger partial charge in [-0.1, -0.05) is 11.6 Å². The van der Waals surface area contributed by atoms with E-state index in [-0.39, 0.29) is 0 Å². The largest absolute Gasteiger partial charge is 0.302 e. The van der Waals surface area contributed by atoms with Crippen molar-refractivity contribution in [2.24, 2.45) is 5.92 Å². The van der Waals surface area contributed by atoms with Crippen LogP contribution >= 0.6 is 23.4 Å². The number of aromatic nitrogens is 2. The summed E-state index contributed by atoms with van der Waals surface area (Å²) in [4.78, 5) is 4.53. The molecular formula is C13H15ClN2S. The van der Waals surface area contributed by atoms with Gasteiger partial charge in [-0.05, 0) is 42.4 Å². The minimum atomic E-state index is 0.774. The van der Waals surface area contributed by atoms with Gasteiger partial charge in [0.2, 0.25) is 0 Å². The van der Waals surface area contributed by atoms with E-state index in [9.17, 15) is 0 Å². The molecule has 1 aliphatic rings. The minimum absolute atomic E-state index is 0.774. The lowest BCUT2D eigenvalue weighted by atomic mass is 9.98. The number of fused-ring (bicyclic) bond motifs is 1. The number of halogens is 1. The molecule has 0 aromatic carbocycles. The molecule has 0 atom stereocenters. The molecule has 2 aromatic heterocycles.